The van der Waals surface area contributed by atoms with Crippen molar-refractivity contribution in [1.82, 2.24) is 19.5 Å². The molecule has 0 aliphatic rings. The van der Waals surface area contributed by atoms with Crippen LogP contribution in [0.5, 0.6) is 0 Å². The number of benzene rings is 1. The minimum atomic E-state index is -0.469. The summed E-state index contributed by atoms with van der Waals surface area (Å²) in [7, 11) is 0. The third-order valence-electron chi connectivity index (χ3n) is 4.97. The van der Waals surface area contributed by atoms with E-state index in [1.54, 1.807) is 6.07 Å². The Morgan fingerprint density at radius 3 is 2.14 bits per heavy atom. The van der Waals surface area contributed by atoms with Crippen LogP contribution in [0.25, 0.3) is 22.3 Å². The summed E-state index contributed by atoms with van der Waals surface area (Å²) in [5.41, 5.74) is 12.9. The molecule has 0 atom stereocenters. The Balaban J connectivity index is 0.00000119. The predicted octanol–water partition coefficient (Wildman–Crippen LogP) is 7.85. The Kier molecular flexibility index (Phi) is 15.2. The number of nitrogens with one attached hydrogen (secondary N) is 1. The van der Waals surface area contributed by atoms with Gasteiger partial charge in [-0.15, -0.1) is 0 Å². The second kappa shape index (κ2) is 16.3. The van der Waals surface area contributed by atoms with Crippen LogP contribution in [0.15, 0.2) is 18.3 Å². The quantitative estimate of drug-likeness (QED) is 0.291. The monoisotopic (exact) mass is 523 g/mol. The van der Waals surface area contributed by atoms with E-state index in [9.17, 15) is 4.39 Å². The lowest BCUT2D eigenvalue weighted by Gasteiger charge is -2.26. The summed E-state index contributed by atoms with van der Waals surface area (Å²) in [6, 6.07) is 3.19. The SMILES string of the molecule is CC.CC.CC(C)n1c(NC(C)(C)CN)nc2c(F)cc(-c3nc(N)ncc3Cl)cc21.CCCCC. The van der Waals surface area contributed by atoms with Crippen molar-refractivity contribution < 1.29 is 4.39 Å². The molecule has 2 heterocycles. The fraction of sp³-hybridized carbons (Fsp3) is 0.593. The summed E-state index contributed by atoms with van der Waals surface area (Å²) in [6.07, 6.45) is 5.48. The van der Waals surface area contributed by atoms with Crippen LogP contribution in [-0.4, -0.2) is 31.6 Å². The van der Waals surface area contributed by atoms with Crippen molar-refractivity contribution in [1.29, 1.82) is 0 Å². The molecule has 3 rings (SSSR count). The smallest absolute Gasteiger partial charge is 0.220 e. The molecular formula is C27H47ClFN7. The number of hydrogen-bond donors (Lipinski definition) is 3. The van der Waals surface area contributed by atoms with Crippen LogP contribution >= 0.6 is 11.6 Å². The van der Waals surface area contributed by atoms with Gasteiger partial charge in [0.25, 0.3) is 0 Å². The minimum Gasteiger partial charge on any atom is -0.368 e. The van der Waals surface area contributed by atoms with Crippen LogP contribution in [0.4, 0.5) is 16.3 Å². The van der Waals surface area contributed by atoms with E-state index in [4.69, 9.17) is 23.1 Å². The predicted molar refractivity (Wildman–Crippen MR) is 155 cm³/mol. The summed E-state index contributed by atoms with van der Waals surface area (Å²) < 4.78 is 16.8. The lowest BCUT2D eigenvalue weighted by atomic mass is 10.1. The molecule has 0 spiro atoms. The number of rotatable bonds is 7. The van der Waals surface area contributed by atoms with Crippen molar-refractivity contribution in [3.8, 4) is 11.3 Å². The van der Waals surface area contributed by atoms with Crippen LogP contribution in [0.1, 0.15) is 94.5 Å². The molecule has 5 N–H and O–H groups in total. The summed E-state index contributed by atoms with van der Waals surface area (Å²) in [5, 5.41) is 3.60. The highest BCUT2D eigenvalue weighted by Crippen LogP contribution is 2.33. The van der Waals surface area contributed by atoms with E-state index in [1.165, 1.54) is 31.5 Å². The molecule has 0 unspecified atom stereocenters. The zero-order chi connectivity index (χ0) is 28.1. The van der Waals surface area contributed by atoms with Crippen LogP contribution < -0.4 is 16.8 Å². The van der Waals surface area contributed by atoms with Gasteiger partial charge in [-0.1, -0.05) is 72.4 Å². The first-order valence-corrected chi connectivity index (χ1v) is 13.4. The highest BCUT2D eigenvalue weighted by atomic mass is 35.5. The lowest BCUT2D eigenvalue weighted by molar-refractivity contribution is 0.552. The van der Waals surface area contributed by atoms with E-state index in [-0.39, 0.29) is 17.5 Å². The van der Waals surface area contributed by atoms with Crippen LogP contribution in [0.2, 0.25) is 5.02 Å². The van der Waals surface area contributed by atoms with Gasteiger partial charge in [0.2, 0.25) is 11.9 Å². The highest BCUT2D eigenvalue weighted by Gasteiger charge is 2.23. The number of nitrogen functional groups attached to an aromatic ring is 1. The molecule has 1 aromatic carbocycles. The number of anilines is 2. The maximum absolute atomic E-state index is 14.9. The van der Waals surface area contributed by atoms with E-state index in [0.717, 1.165) is 0 Å². The van der Waals surface area contributed by atoms with Crippen molar-refractivity contribution in [3.05, 3.63) is 29.2 Å². The fourth-order valence-corrected chi connectivity index (χ4v) is 3.39. The van der Waals surface area contributed by atoms with E-state index in [0.29, 0.717) is 34.3 Å². The molecule has 204 valence electrons. The zero-order valence-corrected chi connectivity index (χ0v) is 24.6. The van der Waals surface area contributed by atoms with Crippen molar-refractivity contribution >= 4 is 34.5 Å². The number of hydrogen-bond acceptors (Lipinski definition) is 6. The van der Waals surface area contributed by atoms with Gasteiger partial charge in [-0.2, -0.15) is 0 Å². The van der Waals surface area contributed by atoms with E-state index in [1.807, 2.05) is 60.0 Å². The first kappa shape index (κ1) is 33.5. The molecule has 0 fully saturated rings. The van der Waals surface area contributed by atoms with Crippen LogP contribution in [0, 0.1) is 5.82 Å². The number of fused-ring (bicyclic) bond motifs is 1. The molecule has 3 aromatic rings. The van der Waals surface area contributed by atoms with Gasteiger partial charge in [0.1, 0.15) is 5.52 Å². The molecule has 0 bridgehead atoms. The standard InChI is InChI=1S/C18H23ClFN7.C5H12.2C2H6/c1-9(2)27-13-6-10(14-11(19)7-23-16(22)24-14)5-12(20)15(13)25-17(27)26-18(3,4)8-21;1-3-5-4-2;2*1-2/h5-7,9H,8,21H2,1-4H3,(H,25,26)(H2,22,23,24);3-5H2,1-2H3;2*1-2H3. The Labute approximate surface area is 222 Å². The number of halogens is 2. The summed E-state index contributed by atoms with van der Waals surface area (Å²) in [4.78, 5) is 12.5. The summed E-state index contributed by atoms with van der Waals surface area (Å²) in [6.45, 7) is 20.7. The Morgan fingerprint density at radius 1 is 1.08 bits per heavy atom. The van der Waals surface area contributed by atoms with Crippen molar-refractivity contribution in [3.63, 3.8) is 0 Å². The average molecular weight is 524 g/mol. The molecule has 0 aliphatic heterocycles. The molecule has 0 aliphatic carbocycles. The molecule has 0 saturated carbocycles. The largest absolute Gasteiger partial charge is 0.368 e. The van der Waals surface area contributed by atoms with E-state index in [2.05, 4.69) is 34.1 Å². The maximum atomic E-state index is 14.9. The van der Waals surface area contributed by atoms with Crippen LogP contribution in [-0.2, 0) is 0 Å². The van der Waals surface area contributed by atoms with Gasteiger partial charge < -0.3 is 21.4 Å². The minimum absolute atomic E-state index is 0.0339. The van der Waals surface area contributed by atoms with Gasteiger partial charge in [0, 0.05) is 23.7 Å². The molecule has 9 heteroatoms. The number of imidazole rings is 1. The number of nitrogens with zero attached hydrogens (tertiary/aromatic N) is 4. The average Bonchev–Trinajstić information content (AvgIpc) is 3.22. The molecular weight excluding hydrogens is 477 g/mol. The maximum Gasteiger partial charge on any atom is 0.220 e. The summed E-state index contributed by atoms with van der Waals surface area (Å²) in [5.74, 6) is 0.155. The Morgan fingerprint density at radius 2 is 1.67 bits per heavy atom. The molecule has 0 amide bonds. The molecule has 0 radical (unpaired) electrons. The second-order valence-electron chi connectivity index (χ2n) is 8.72. The number of unbranched alkanes of at least 4 members (excludes halogenated alkanes) is 2. The lowest BCUT2D eigenvalue weighted by Crippen LogP contribution is -2.40. The van der Waals surface area contributed by atoms with E-state index < -0.39 is 11.4 Å². The Hall–Kier alpha value is -2.45. The normalized spacial score (nSPS) is 10.6. The molecule has 36 heavy (non-hydrogen) atoms. The molecule has 2 aromatic heterocycles. The van der Waals surface area contributed by atoms with Crippen molar-refractivity contribution in [2.45, 2.75) is 100 Å². The third kappa shape index (κ3) is 9.21. The first-order chi connectivity index (χ1) is 17.0. The van der Waals surface area contributed by atoms with Gasteiger partial charge >= 0.3 is 0 Å². The first-order valence-electron chi connectivity index (χ1n) is 13.0. The van der Waals surface area contributed by atoms with Gasteiger partial charge in [0.15, 0.2) is 5.82 Å². The topological polar surface area (TPSA) is 108 Å². The van der Waals surface area contributed by atoms with Gasteiger partial charge in [-0.3, -0.25) is 0 Å². The third-order valence-corrected chi connectivity index (χ3v) is 5.25. The number of aromatic nitrogens is 4. The molecule has 7 nitrogen and oxygen atoms in total. The second-order valence-corrected chi connectivity index (χ2v) is 9.12. The van der Waals surface area contributed by atoms with E-state index >= 15 is 0 Å². The zero-order valence-electron chi connectivity index (χ0n) is 23.8. The van der Waals surface area contributed by atoms with Gasteiger partial charge in [-0.25, -0.2) is 19.3 Å². The summed E-state index contributed by atoms with van der Waals surface area (Å²) >= 11 is 6.20. The van der Waals surface area contributed by atoms with Crippen LogP contribution in [0.3, 0.4) is 0 Å². The fourth-order valence-electron chi connectivity index (χ4n) is 3.19. The van der Waals surface area contributed by atoms with Gasteiger partial charge in [-0.05, 0) is 39.8 Å². The van der Waals surface area contributed by atoms with Gasteiger partial charge in [0.05, 0.1) is 22.4 Å². The molecule has 0 saturated heterocycles. The number of nitrogens with two attached hydrogens (primary N) is 2. The Bertz CT molecular complexity index is 1050. The van der Waals surface area contributed by atoms with Crippen molar-refractivity contribution in [2.75, 3.05) is 17.6 Å². The van der Waals surface area contributed by atoms with Crippen molar-refractivity contribution in [2.24, 2.45) is 5.73 Å². The highest BCUT2D eigenvalue weighted by molar-refractivity contribution is 6.33.